The fraction of sp³-hybridized carbons (Fsp3) is 0.173. The Bertz CT molecular complexity index is 8180. The molecule has 1 saturated heterocycles. The lowest BCUT2D eigenvalue weighted by Gasteiger charge is -2.32. The van der Waals surface area contributed by atoms with E-state index in [1.165, 1.54) is 41.6 Å². The number of halogens is 2. The number of aromatic amines is 1. The molecule has 4 amide bonds. The summed E-state index contributed by atoms with van der Waals surface area (Å²) in [5.41, 5.74) is 23.3. The van der Waals surface area contributed by atoms with Crippen LogP contribution in [-0.4, -0.2) is 214 Å². The Balaban J connectivity index is 0.000000146. The van der Waals surface area contributed by atoms with Crippen LogP contribution in [-0.2, 0) is 29.4 Å². The molecule has 19 rings (SSSR count). The summed E-state index contributed by atoms with van der Waals surface area (Å²) in [6.07, 6.45) is 24.4. The summed E-state index contributed by atoms with van der Waals surface area (Å²) in [6.45, 7) is 11.8. The zero-order chi connectivity index (χ0) is 106. The molecule has 6 N–H and O–H groups in total. The van der Waals surface area contributed by atoms with Crippen LogP contribution in [0.15, 0.2) is 324 Å². The van der Waals surface area contributed by atoms with Crippen molar-refractivity contribution in [3.8, 4) is 72.9 Å². The lowest BCUT2D eigenvalue weighted by molar-refractivity contribution is 0.00578. The van der Waals surface area contributed by atoms with Crippen molar-refractivity contribution in [2.75, 3.05) is 99.4 Å². The number of carbonyl (C=O) groups is 4. The van der Waals surface area contributed by atoms with Gasteiger partial charge in [0.05, 0.1) is 136 Å². The van der Waals surface area contributed by atoms with Crippen LogP contribution in [0.25, 0.3) is 88.7 Å². The monoisotopic (exact) mass is 2150 g/mol. The maximum atomic E-state index is 13.9. The van der Waals surface area contributed by atoms with E-state index in [2.05, 4.69) is 104 Å². The number of para-hydroxylation sites is 3. The van der Waals surface area contributed by atoms with Crippen molar-refractivity contribution < 1.29 is 59.5 Å². The number of hydrogen-bond acceptors (Lipinski definition) is 26. The standard InChI is InChI=1S/C34H30N6O4S.C27H29BN2O5S.C27H24N6O2.C13H13BrN4O.C9H11BrN2O/c1-22-9-12-26(13-10-22)45(42,43)40-20-30(27-7-5-6-8-32(27)44-4)28-16-24(17-37-33(28)40)23-11-14-31(29(15-23)34(41)39(2)3)38-25-18-35-21-36-19-25;1-18-11-13-20(14-12-18)36(31,32)30-17-23(21-9-7-8-10-24(21)33-6)22-15-19(16-29-25(22)30)28-34-26(2,3)27(4,5)35-28;1-33(2)27(34)22-10-17(8-9-24(22)32-19-13-28-16-29-14-19)18-11-21-23(15-31-26(21)30-12-18)20-6-4-5-7-25(20)35-3;1-18(2)13(19)11-5-9(14)3-4-12(11)17-10-6-15-8-16-7-10;1-12(2)9(13)7-5-6(10)3-4-8(7)11/h5-21,38H,1-4H3;7-17H,1-6H3;4-16,32H,1-3H3,(H,30,31);3-8,17H,1-2H3;3-5H,11H2,1-2H3. The predicted molar refractivity (Wildman–Crippen MR) is 586 cm³/mol. The number of carbonyl (C=O) groups excluding carboxylic acids is 4. The van der Waals surface area contributed by atoms with Crippen LogP contribution in [0.3, 0.4) is 0 Å². The summed E-state index contributed by atoms with van der Waals surface area (Å²) in [6, 6.07) is 64.2. The van der Waals surface area contributed by atoms with Crippen molar-refractivity contribution in [1.29, 1.82) is 0 Å². The summed E-state index contributed by atoms with van der Waals surface area (Å²) in [7, 11) is 9.99. The van der Waals surface area contributed by atoms with Crippen LogP contribution in [0, 0.1) is 13.8 Å². The summed E-state index contributed by atoms with van der Waals surface area (Å²) >= 11 is 6.66. The van der Waals surface area contributed by atoms with E-state index < -0.39 is 38.4 Å². The van der Waals surface area contributed by atoms with E-state index in [0.717, 1.165) is 87.2 Å². The summed E-state index contributed by atoms with van der Waals surface area (Å²) < 4.78 is 88.7. The fourth-order valence-corrected chi connectivity index (χ4v) is 19.3. The number of amides is 4. The normalized spacial score (nSPS) is 12.3. The minimum Gasteiger partial charge on any atom is -0.496 e. The van der Waals surface area contributed by atoms with Gasteiger partial charge < -0.3 is 69.8 Å². The highest BCUT2D eigenvalue weighted by atomic mass is 79.9. The Hall–Kier alpha value is -16.4. The van der Waals surface area contributed by atoms with E-state index in [1.54, 1.807) is 217 Å². The van der Waals surface area contributed by atoms with Crippen LogP contribution in [0.4, 0.5) is 39.8 Å². The number of anilines is 7. The van der Waals surface area contributed by atoms with Gasteiger partial charge >= 0.3 is 7.12 Å². The van der Waals surface area contributed by atoms with Crippen molar-refractivity contribution in [3.05, 3.63) is 348 Å². The topological polar surface area (TPSA) is 399 Å². The fourth-order valence-electron chi connectivity index (χ4n) is 15.9. The molecule has 0 saturated carbocycles. The number of hydrogen-bond donors (Lipinski definition) is 5. The average Bonchev–Trinajstić information content (AvgIpc) is 1.59. The van der Waals surface area contributed by atoms with Crippen LogP contribution < -0.4 is 41.4 Å². The molecule has 1 aliphatic rings. The largest absolute Gasteiger partial charge is 0.496 e. The summed E-state index contributed by atoms with van der Waals surface area (Å²) in [5.74, 6) is 1.54. The first kappa shape index (κ1) is 106. The Morgan fingerprint density at radius 2 is 0.736 bits per heavy atom. The number of nitrogens with two attached hydrogens (primary N) is 1. The number of aryl methyl sites for hydroxylation is 2. The SMILES string of the molecule is CN(C)C(=O)c1cc(Br)ccc1N.CN(C)C(=O)c1cc(Br)ccc1Nc1cncnc1.COc1ccccc1-c1c[nH]c2ncc(-c3ccc(Nc4cncnc4)c(C(=O)N(C)C)c3)cc12.COc1ccccc1-c1cn(S(=O)(=O)c2ccc(C)cc2)c2ncc(-c3ccc(Nc4cncnc4)c(C(=O)N(C)C)c3)cc12.COc1ccccc1-c1cn(S(=O)(=O)c2ccc(C)cc2)c2ncc(B3OC(C)(C)C(C)(C)O3)cc12. The van der Waals surface area contributed by atoms with Crippen LogP contribution >= 0.6 is 31.9 Å². The van der Waals surface area contributed by atoms with E-state index in [4.69, 9.17) is 29.3 Å². The van der Waals surface area contributed by atoms with E-state index in [9.17, 15) is 36.0 Å². The molecule has 33 nitrogen and oxygen atoms in total. The van der Waals surface area contributed by atoms with Crippen LogP contribution in [0.5, 0.6) is 17.2 Å². The third-order valence-corrected chi connectivity index (χ3v) is 28.7. The van der Waals surface area contributed by atoms with Crippen LogP contribution in [0.1, 0.15) is 80.3 Å². The minimum atomic E-state index is -3.98. The molecule has 0 atom stereocenters. The molecule has 0 aliphatic carbocycles. The average molecular weight is 2150 g/mol. The maximum absolute atomic E-state index is 13.9. The quantitative estimate of drug-likeness (QED) is 0.0293. The molecule has 9 aromatic heterocycles. The molecule has 754 valence electrons. The highest BCUT2D eigenvalue weighted by Crippen LogP contribution is 2.44. The summed E-state index contributed by atoms with van der Waals surface area (Å²) in [5, 5.41) is 11.8. The molecule has 10 heterocycles. The smallest absolute Gasteiger partial charge is 0.496 e. The van der Waals surface area contributed by atoms with Crippen molar-refractivity contribution >= 4 is 161 Å². The first-order valence-corrected chi connectivity index (χ1v) is 50.7. The molecule has 18 aromatic rings. The number of H-pyrrole nitrogens is 1. The van der Waals surface area contributed by atoms with Crippen molar-refractivity contribution in [2.45, 2.75) is 62.5 Å². The second-order valence-electron chi connectivity index (χ2n) is 36.1. The van der Waals surface area contributed by atoms with Gasteiger partial charge in [-0.1, -0.05) is 134 Å². The number of aromatic nitrogens is 12. The van der Waals surface area contributed by atoms with E-state index in [1.807, 2.05) is 187 Å². The number of ether oxygens (including phenoxy) is 3. The second kappa shape index (κ2) is 45.5. The number of fused-ring (bicyclic) bond motifs is 3. The lowest BCUT2D eigenvalue weighted by atomic mass is 9.79. The van der Waals surface area contributed by atoms with Gasteiger partial charge in [-0.05, 0) is 174 Å². The van der Waals surface area contributed by atoms with E-state index >= 15 is 0 Å². The predicted octanol–water partition coefficient (Wildman–Crippen LogP) is 20.3. The zero-order valence-electron chi connectivity index (χ0n) is 84.1. The van der Waals surface area contributed by atoms with Gasteiger partial charge in [-0.25, -0.2) is 69.6 Å². The molecule has 9 aromatic carbocycles. The highest BCUT2D eigenvalue weighted by Gasteiger charge is 2.52. The van der Waals surface area contributed by atoms with Crippen molar-refractivity contribution in [2.24, 2.45) is 0 Å². The first-order chi connectivity index (χ1) is 70.8. The number of methoxy groups -OCH3 is 3. The molecule has 0 bridgehead atoms. The number of nitrogen functional groups attached to an aromatic ring is 1. The molecule has 0 radical (unpaired) electrons. The molecule has 0 unspecified atom stereocenters. The summed E-state index contributed by atoms with van der Waals surface area (Å²) in [4.78, 5) is 97.6. The Morgan fingerprint density at radius 1 is 0.392 bits per heavy atom. The van der Waals surface area contributed by atoms with Gasteiger partial charge in [-0.15, -0.1) is 0 Å². The van der Waals surface area contributed by atoms with Gasteiger partial charge in [-0.2, -0.15) is 0 Å². The lowest BCUT2D eigenvalue weighted by Crippen LogP contribution is -2.41. The number of pyridine rings is 3. The van der Waals surface area contributed by atoms with Gasteiger partial charge in [0.15, 0.2) is 11.3 Å². The Labute approximate surface area is 874 Å². The molecule has 1 aliphatic heterocycles. The van der Waals surface area contributed by atoms with E-state index in [-0.39, 0.29) is 39.1 Å². The third-order valence-electron chi connectivity index (χ3n) is 24.4. The molecular formula is C110H107BBr2N20O13S2. The Kier molecular flexibility index (Phi) is 32.6. The number of nitrogens with zero attached hydrogens (tertiary/aromatic N) is 15. The van der Waals surface area contributed by atoms with Gasteiger partial charge in [0, 0.05) is 174 Å². The van der Waals surface area contributed by atoms with Crippen molar-refractivity contribution in [3.63, 3.8) is 0 Å². The third kappa shape index (κ3) is 23.6. The van der Waals surface area contributed by atoms with Gasteiger partial charge in [0.1, 0.15) is 41.9 Å². The second-order valence-corrected chi connectivity index (χ2v) is 41.5. The minimum absolute atomic E-state index is 0.0688. The molecule has 148 heavy (non-hydrogen) atoms. The van der Waals surface area contributed by atoms with Crippen molar-refractivity contribution in [1.82, 2.24) is 77.4 Å². The molecule has 0 spiro atoms. The maximum Gasteiger partial charge on any atom is 0.496 e. The molecule has 1 fully saturated rings. The zero-order valence-corrected chi connectivity index (χ0v) is 88.9. The molecule has 38 heteroatoms. The first-order valence-electron chi connectivity index (χ1n) is 46.2. The van der Waals surface area contributed by atoms with Gasteiger partial charge in [0.25, 0.3) is 43.7 Å². The molecular weight excluding hydrogens is 2040 g/mol. The number of rotatable bonds is 23. The number of nitrogens with one attached hydrogen (secondary N) is 4. The van der Waals surface area contributed by atoms with E-state index in [0.29, 0.717) is 101 Å². The van der Waals surface area contributed by atoms with Gasteiger partial charge in [0.2, 0.25) is 0 Å². The van der Waals surface area contributed by atoms with Gasteiger partial charge in [-0.3, -0.25) is 19.2 Å². The Morgan fingerprint density at radius 3 is 1.14 bits per heavy atom. The number of benzene rings is 9. The van der Waals surface area contributed by atoms with Crippen LogP contribution in [0.2, 0.25) is 0 Å². The highest BCUT2D eigenvalue weighted by molar-refractivity contribution is 9.10.